The number of nitrogens with zero attached hydrogens (tertiary/aromatic N) is 1. The third kappa shape index (κ3) is 3.85. The van der Waals surface area contributed by atoms with Gasteiger partial charge in [0.15, 0.2) is 0 Å². The predicted molar refractivity (Wildman–Crippen MR) is 65.5 cm³/mol. The molecule has 4 nitrogen and oxygen atoms in total. The summed E-state index contributed by atoms with van der Waals surface area (Å²) in [5, 5.41) is 0. The summed E-state index contributed by atoms with van der Waals surface area (Å²) in [6.07, 6.45) is 4.22. The Kier molecular flexibility index (Phi) is 5.98. The van der Waals surface area contributed by atoms with Crippen molar-refractivity contribution in [1.82, 2.24) is 4.67 Å². The van der Waals surface area contributed by atoms with E-state index in [0.29, 0.717) is 6.61 Å². The second kappa shape index (κ2) is 6.75. The molecule has 96 valence electrons. The molecule has 1 rings (SSSR count). The van der Waals surface area contributed by atoms with Crippen molar-refractivity contribution in [2.24, 2.45) is 0 Å². The first-order valence-corrected chi connectivity index (χ1v) is 7.80. The lowest BCUT2D eigenvalue weighted by atomic mass is 10.3. The van der Waals surface area contributed by atoms with Crippen LogP contribution in [0.5, 0.6) is 0 Å². The summed E-state index contributed by atoms with van der Waals surface area (Å²) in [5.74, 6) is 0. The van der Waals surface area contributed by atoms with Crippen LogP contribution in [0.1, 0.15) is 46.5 Å². The monoisotopic (exact) mass is 249 g/mol. The van der Waals surface area contributed by atoms with Gasteiger partial charge in [-0.05, 0) is 19.8 Å². The lowest BCUT2D eigenvalue weighted by Crippen LogP contribution is -2.23. The van der Waals surface area contributed by atoms with Crippen LogP contribution in [-0.2, 0) is 13.6 Å². The van der Waals surface area contributed by atoms with Crippen molar-refractivity contribution in [2.45, 2.75) is 52.6 Å². The van der Waals surface area contributed by atoms with Crippen LogP contribution >= 0.6 is 7.75 Å². The fourth-order valence-electron chi connectivity index (χ4n) is 1.67. The molecule has 1 aliphatic rings. The number of hydrogen-bond donors (Lipinski definition) is 0. The number of hydrogen-bond acceptors (Lipinski definition) is 3. The Morgan fingerprint density at radius 2 is 1.81 bits per heavy atom. The Labute approximate surface area is 98.9 Å². The first-order chi connectivity index (χ1) is 7.62. The van der Waals surface area contributed by atoms with Gasteiger partial charge in [-0.25, -0.2) is 9.24 Å². The molecule has 0 bridgehead atoms. The zero-order valence-corrected chi connectivity index (χ0v) is 11.5. The zero-order chi connectivity index (χ0) is 12.0. The molecule has 1 aliphatic heterocycles. The van der Waals surface area contributed by atoms with Gasteiger partial charge in [0.25, 0.3) is 0 Å². The standard InChI is InChI=1S/C11H24NO3P/c1-4-6-8-12(9-7-5-2)16(13)14-10-11(3)15-16/h11H,4-10H2,1-3H3/t11-,16+/m0/s1. The number of rotatable bonds is 7. The largest absolute Gasteiger partial charge is 0.408 e. The summed E-state index contributed by atoms with van der Waals surface area (Å²) >= 11 is 0. The molecule has 0 unspecified atom stereocenters. The van der Waals surface area contributed by atoms with Gasteiger partial charge in [0, 0.05) is 13.1 Å². The Morgan fingerprint density at radius 3 is 2.19 bits per heavy atom. The molecule has 2 atom stereocenters. The summed E-state index contributed by atoms with van der Waals surface area (Å²) in [4.78, 5) is 0. The second-order valence-corrected chi connectivity index (χ2v) is 6.31. The van der Waals surface area contributed by atoms with Crippen LogP contribution in [0.15, 0.2) is 0 Å². The summed E-state index contributed by atoms with van der Waals surface area (Å²) < 4.78 is 25.2. The fourth-order valence-corrected chi connectivity index (χ4v) is 3.72. The van der Waals surface area contributed by atoms with E-state index in [1.165, 1.54) is 0 Å². The van der Waals surface area contributed by atoms with E-state index in [1.54, 1.807) is 0 Å². The minimum Gasteiger partial charge on any atom is -0.294 e. The van der Waals surface area contributed by atoms with Gasteiger partial charge in [0.2, 0.25) is 0 Å². The molecule has 0 aromatic carbocycles. The Morgan fingerprint density at radius 1 is 1.25 bits per heavy atom. The quantitative estimate of drug-likeness (QED) is 0.648. The molecule has 0 aliphatic carbocycles. The lowest BCUT2D eigenvalue weighted by molar-refractivity contribution is 0.228. The van der Waals surface area contributed by atoms with Crippen molar-refractivity contribution in [3.63, 3.8) is 0 Å². The molecule has 1 heterocycles. The summed E-state index contributed by atoms with van der Waals surface area (Å²) in [7, 11) is -2.96. The zero-order valence-electron chi connectivity index (χ0n) is 10.6. The van der Waals surface area contributed by atoms with Gasteiger partial charge in [0.05, 0.1) is 12.7 Å². The minimum absolute atomic E-state index is 0.0448. The molecular weight excluding hydrogens is 225 g/mol. The first-order valence-electron chi connectivity index (χ1n) is 6.30. The van der Waals surface area contributed by atoms with E-state index in [9.17, 15) is 4.57 Å². The Hall–Kier alpha value is 0.110. The Bertz CT molecular complexity index is 239. The van der Waals surface area contributed by atoms with Gasteiger partial charge in [-0.15, -0.1) is 0 Å². The van der Waals surface area contributed by atoms with Gasteiger partial charge >= 0.3 is 7.75 Å². The van der Waals surface area contributed by atoms with Crippen molar-refractivity contribution < 1.29 is 13.6 Å². The fraction of sp³-hybridized carbons (Fsp3) is 1.00. The van der Waals surface area contributed by atoms with Crippen LogP contribution in [0.4, 0.5) is 0 Å². The highest BCUT2D eigenvalue weighted by atomic mass is 31.2. The van der Waals surface area contributed by atoms with E-state index in [1.807, 2.05) is 11.6 Å². The maximum absolute atomic E-state index is 12.4. The van der Waals surface area contributed by atoms with Crippen molar-refractivity contribution in [1.29, 1.82) is 0 Å². The maximum atomic E-state index is 12.4. The summed E-state index contributed by atoms with van der Waals surface area (Å²) in [5.41, 5.74) is 0. The van der Waals surface area contributed by atoms with Gasteiger partial charge < -0.3 is 0 Å². The number of unbranched alkanes of at least 4 members (excludes halogenated alkanes) is 2. The van der Waals surface area contributed by atoms with E-state index < -0.39 is 7.75 Å². The van der Waals surface area contributed by atoms with E-state index >= 15 is 0 Å². The highest BCUT2D eigenvalue weighted by Gasteiger charge is 2.40. The Balaban J connectivity index is 2.56. The van der Waals surface area contributed by atoms with Crippen LogP contribution in [0.2, 0.25) is 0 Å². The molecule has 0 spiro atoms. The average molecular weight is 249 g/mol. The lowest BCUT2D eigenvalue weighted by Gasteiger charge is -2.25. The second-order valence-electron chi connectivity index (χ2n) is 4.34. The predicted octanol–water partition coefficient (Wildman–Crippen LogP) is 3.43. The highest BCUT2D eigenvalue weighted by molar-refractivity contribution is 7.51. The smallest absolute Gasteiger partial charge is 0.294 e. The van der Waals surface area contributed by atoms with E-state index in [4.69, 9.17) is 9.05 Å². The van der Waals surface area contributed by atoms with Crippen LogP contribution in [-0.4, -0.2) is 30.5 Å². The average Bonchev–Trinajstić information content (AvgIpc) is 2.60. The molecule has 0 aromatic rings. The molecule has 0 saturated carbocycles. The van der Waals surface area contributed by atoms with E-state index in [-0.39, 0.29) is 6.10 Å². The molecular formula is C11H24NO3P. The molecule has 0 aromatic heterocycles. The molecule has 5 heteroatoms. The van der Waals surface area contributed by atoms with E-state index in [2.05, 4.69) is 13.8 Å². The minimum atomic E-state index is -2.96. The van der Waals surface area contributed by atoms with Gasteiger partial charge in [-0.1, -0.05) is 26.7 Å². The summed E-state index contributed by atoms with van der Waals surface area (Å²) in [6.45, 7) is 8.23. The maximum Gasteiger partial charge on any atom is 0.408 e. The normalized spacial score (nSPS) is 30.1. The molecule has 0 radical (unpaired) electrons. The van der Waals surface area contributed by atoms with Crippen molar-refractivity contribution >= 4 is 7.75 Å². The SMILES string of the molecule is CCCCN(CCCC)[P@@]1(=O)OC[C@H](C)O1. The van der Waals surface area contributed by atoms with E-state index in [0.717, 1.165) is 38.8 Å². The molecule has 0 N–H and O–H groups in total. The van der Waals surface area contributed by atoms with Crippen molar-refractivity contribution in [2.75, 3.05) is 19.7 Å². The molecule has 1 fully saturated rings. The van der Waals surface area contributed by atoms with Crippen LogP contribution in [0.25, 0.3) is 0 Å². The topological polar surface area (TPSA) is 38.8 Å². The van der Waals surface area contributed by atoms with Crippen LogP contribution in [0.3, 0.4) is 0 Å². The molecule has 0 amide bonds. The van der Waals surface area contributed by atoms with Crippen LogP contribution < -0.4 is 0 Å². The third-order valence-electron chi connectivity index (χ3n) is 2.67. The first kappa shape index (κ1) is 14.2. The highest BCUT2D eigenvalue weighted by Crippen LogP contribution is 2.57. The van der Waals surface area contributed by atoms with Crippen LogP contribution in [0, 0.1) is 0 Å². The summed E-state index contributed by atoms with van der Waals surface area (Å²) in [6, 6.07) is 0. The van der Waals surface area contributed by atoms with Crippen molar-refractivity contribution in [3.05, 3.63) is 0 Å². The van der Waals surface area contributed by atoms with Gasteiger partial charge in [0.1, 0.15) is 0 Å². The van der Waals surface area contributed by atoms with Gasteiger partial charge in [-0.3, -0.25) is 9.05 Å². The third-order valence-corrected chi connectivity index (χ3v) is 4.87. The molecule has 16 heavy (non-hydrogen) atoms. The molecule has 1 saturated heterocycles. The van der Waals surface area contributed by atoms with Gasteiger partial charge in [-0.2, -0.15) is 0 Å². The van der Waals surface area contributed by atoms with Crippen molar-refractivity contribution in [3.8, 4) is 0 Å².